The number of carbonyl (C=O) groups is 1. The Morgan fingerprint density at radius 3 is 2.67 bits per heavy atom. The minimum Gasteiger partial charge on any atom is -0.293 e. The second-order valence-corrected chi connectivity index (χ2v) is 6.60. The molecule has 1 aromatic carbocycles. The molecule has 0 bridgehead atoms. The fourth-order valence-electron chi connectivity index (χ4n) is 2.71. The molecule has 0 spiro atoms. The SMILES string of the molecule is CC(C)C1CCCN1CC(=O)c1ccc(I)cc1. The molecule has 0 radical (unpaired) electrons. The number of hydrogen-bond donors (Lipinski definition) is 0. The molecule has 1 aromatic rings. The van der Waals surface area contributed by atoms with Gasteiger partial charge in [-0.3, -0.25) is 9.69 Å². The summed E-state index contributed by atoms with van der Waals surface area (Å²) in [4.78, 5) is 14.6. The lowest BCUT2D eigenvalue weighted by Crippen LogP contribution is -2.37. The Morgan fingerprint density at radius 1 is 1.39 bits per heavy atom. The smallest absolute Gasteiger partial charge is 0.176 e. The molecule has 0 aromatic heterocycles. The van der Waals surface area contributed by atoms with E-state index in [1.54, 1.807) is 0 Å². The zero-order valence-electron chi connectivity index (χ0n) is 11.0. The van der Waals surface area contributed by atoms with Crippen LogP contribution in [0.15, 0.2) is 24.3 Å². The lowest BCUT2D eigenvalue weighted by atomic mass is 10.0. The third kappa shape index (κ3) is 3.32. The molecule has 1 aliphatic heterocycles. The van der Waals surface area contributed by atoms with Gasteiger partial charge in [-0.05, 0) is 60.0 Å². The van der Waals surface area contributed by atoms with Crippen LogP contribution in [0.2, 0.25) is 0 Å². The highest BCUT2D eigenvalue weighted by Gasteiger charge is 2.28. The third-order valence-corrected chi connectivity index (χ3v) is 4.42. The second kappa shape index (κ2) is 6.15. The highest BCUT2D eigenvalue weighted by molar-refractivity contribution is 14.1. The van der Waals surface area contributed by atoms with Gasteiger partial charge in [0, 0.05) is 15.2 Å². The summed E-state index contributed by atoms with van der Waals surface area (Å²) < 4.78 is 1.17. The Labute approximate surface area is 123 Å². The molecule has 1 aliphatic rings. The van der Waals surface area contributed by atoms with Crippen LogP contribution in [0.3, 0.4) is 0 Å². The Balaban J connectivity index is 2.01. The monoisotopic (exact) mass is 357 g/mol. The topological polar surface area (TPSA) is 20.3 Å². The average Bonchev–Trinajstić information content (AvgIpc) is 2.78. The van der Waals surface area contributed by atoms with E-state index >= 15 is 0 Å². The number of carbonyl (C=O) groups excluding carboxylic acids is 1. The number of ketones is 1. The van der Waals surface area contributed by atoms with Crippen LogP contribution >= 0.6 is 22.6 Å². The van der Waals surface area contributed by atoms with E-state index in [-0.39, 0.29) is 5.78 Å². The zero-order valence-corrected chi connectivity index (χ0v) is 13.2. The quantitative estimate of drug-likeness (QED) is 0.606. The van der Waals surface area contributed by atoms with Crippen molar-refractivity contribution in [1.29, 1.82) is 0 Å². The van der Waals surface area contributed by atoms with E-state index in [1.165, 1.54) is 16.4 Å². The number of halogens is 1. The summed E-state index contributed by atoms with van der Waals surface area (Å²) in [5, 5.41) is 0. The molecular formula is C15H20INO. The maximum Gasteiger partial charge on any atom is 0.176 e. The van der Waals surface area contributed by atoms with Gasteiger partial charge in [-0.1, -0.05) is 26.0 Å². The number of benzene rings is 1. The number of nitrogens with zero attached hydrogens (tertiary/aromatic N) is 1. The number of hydrogen-bond acceptors (Lipinski definition) is 2. The maximum absolute atomic E-state index is 12.2. The first-order chi connectivity index (χ1) is 8.58. The summed E-state index contributed by atoms with van der Waals surface area (Å²) in [6.45, 7) is 6.14. The summed E-state index contributed by atoms with van der Waals surface area (Å²) in [6.07, 6.45) is 2.46. The van der Waals surface area contributed by atoms with Gasteiger partial charge in [-0.25, -0.2) is 0 Å². The van der Waals surface area contributed by atoms with Crippen molar-refractivity contribution < 1.29 is 4.79 Å². The minimum atomic E-state index is 0.249. The van der Waals surface area contributed by atoms with Gasteiger partial charge in [0.1, 0.15) is 0 Å². The van der Waals surface area contributed by atoms with Crippen LogP contribution in [0.4, 0.5) is 0 Å². The fourth-order valence-corrected chi connectivity index (χ4v) is 3.07. The van der Waals surface area contributed by atoms with Crippen molar-refractivity contribution in [3.63, 3.8) is 0 Å². The summed E-state index contributed by atoms with van der Waals surface area (Å²) in [5.74, 6) is 0.885. The van der Waals surface area contributed by atoms with E-state index < -0.39 is 0 Å². The van der Waals surface area contributed by atoms with Crippen LogP contribution in [0.1, 0.15) is 37.0 Å². The Bertz CT molecular complexity index is 413. The Morgan fingerprint density at radius 2 is 2.06 bits per heavy atom. The first-order valence-corrected chi connectivity index (χ1v) is 7.68. The van der Waals surface area contributed by atoms with Crippen molar-refractivity contribution in [3.05, 3.63) is 33.4 Å². The fraction of sp³-hybridized carbons (Fsp3) is 0.533. The summed E-state index contributed by atoms with van der Waals surface area (Å²) in [7, 11) is 0. The molecule has 0 N–H and O–H groups in total. The van der Waals surface area contributed by atoms with Crippen LogP contribution in [-0.2, 0) is 0 Å². The standard InChI is InChI=1S/C15H20INO/c1-11(2)14-4-3-9-17(14)10-15(18)12-5-7-13(16)8-6-12/h5-8,11,14H,3-4,9-10H2,1-2H3. The minimum absolute atomic E-state index is 0.249. The number of Topliss-reactive ketones (excluding diaryl/α,β-unsaturated/α-hetero) is 1. The normalized spacial score (nSPS) is 20.6. The van der Waals surface area contributed by atoms with Crippen LogP contribution in [0.5, 0.6) is 0 Å². The largest absolute Gasteiger partial charge is 0.293 e. The molecule has 18 heavy (non-hydrogen) atoms. The van der Waals surface area contributed by atoms with Crippen LogP contribution in [0.25, 0.3) is 0 Å². The van der Waals surface area contributed by atoms with Gasteiger partial charge in [0.05, 0.1) is 6.54 Å². The molecule has 2 rings (SSSR count). The predicted molar refractivity (Wildman–Crippen MR) is 82.9 cm³/mol. The summed E-state index contributed by atoms with van der Waals surface area (Å²) in [5.41, 5.74) is 0.838. The first kappa shape index (κ1) is 14.0. The highest BCUT2D eigenvalue weighted by Crippen LogP contribution is 2.23. The number of rotatable bonds is 4. The van der Waals surface area contributed by atoms with Crippen molar-refractivity contribution >= 4 is 28.4 Å². The van der Waals surface area contributed by atoms with Gasteiger partial charge >= 0.3 is 0 Å². The molecule has 1 fully saturated rings. The van der Waals surface area contributed by atoms with Gasteiger partial charge in [-0.2, -0.15) is 0 Å². The van der Waals surface area contributed by atoms with E-state index in [0.29, 0.717) is 18.5 Å². The van der Waals surface area contributed by atoms with E-state index in [4.69, 9.17) is 0 Å². The summed E-state index contributed by atoms with van der Waals surface area (Å²) in [6, 6.07) is 8.45. The maximum atomic E-state index is 12.2. The molecule has 0 amide bonds. The summed E-state index contributed by atoms with van der Waals surface area (Å²) >= 11 is 2.26. The molecule has 1 unspecified atom stereocenters. The van der Waals surface area contributed by atoms with E-state index in [1.807, 2.05) is 24.3 Å². The molecule has 98 valence electrons. The third-order valence-electron chi connectivity index (χ3n) is 3.70. The highest BCUT2D eigenvalue weighted by atomic mass is 127. The average molecular weight is 357 g/mol. The van der Waals surface area contributed by atoms with Gasteiger partial charge in [-0.15, -0.1) is 0 Å². The van der Waals surface area contributed by atoms with Gasteiger partial charge in [0.2, 0.25) is 0 Å². The Hall–Kier alpha value is -0.420. The van der Waals surface area contributed by atoms with Crippen molar-refractivity contribution in [1.82, 2.24) is 4.90 Å². The van der Waals surface area contributed by atoms with Crippen molar-refractivity contribution in [2.75, 3.05) is 13.1 Å². The van der Waals surface area contributed by atoms with Crippen LogP contribution in [-0.4, -0.2) is 29.8 Å². The molecule has 3 heteroatoms. The predicted octanol–water partition coefficient (Wildman–Crippen LogP) is 3.59. The lowest BCUT2D eigenvalue weighted by Gasteiger charge is -2.26. The van der Waals surface area contributed by atoms with Crippen LogP contribution in [0, 0.1) is 9.49 Å². The lowest BCUT2D eigenvalue weighted by molar-refractivity contribution is 0.0904. The zero-order chi connectivity index (χ0) is 13.1. The van der Waals surface area contributed by atoms with Crippen molar-refractivity contribution in [3.8, 4) is 0 Å². The molecule has 0 saturated carbocycles. The molecule has 1 atom stereocenters. The van der Waals surface area contributed by atoms with E-state index in [9.17, 15) is 4.79 Å². The number of likely N-dealkylation sites (tertiary alicyclic amines) is 1. The van der Waals surface area contributed by atoms with Crippen molar-refractivity contribution in [2.24, 2.45) is 5.92 Å². The molecular weight excluding hydrogens is 337 g/mol. The molecule has 1 heterocycles. The molecule has 1 saturated heterocycles. The first-order valence-electron chi connectivity index (χ1n) is 6.60. The van der Waals surface area contributed by atoms with Crippen molar-refractivity contribution in [2.45, 2.75) is 32.7 Å². The molecule has 2 nitrogen and oxygen atoms in total. The van der Waals surface area contributed by atoms with Gasteiger partial charge in [0.15, 0.2) is 5.78 Å². The second-order valence-electron chi connectivity index (χ2n) is 5.35. The van der Waals surface area contributed by atoms with Gasteiger partial charge in [0.25, 0.3) is 0 Å². The Kier molecular flexibility index (Phi) is 4.78. The van der Waals surface area contributed by atoms with Crippen LogP contribution < -0.4 is 0 Å². The van der Waals surface area contributed by atoms with E-state index in [0.717, 1.165) is 12.1 Å². The van der Waals surface area contributed by atoms with Gasteiger partial charge < -0.3 is 0 Å². The van der Waals surface area contributed by atoms with E-state index in [2.05, 4.69) is 41.3 Å². The molecule has 0 aliphatic carbocycles.